The van der Waals surface area contributed by atoms with Gasteiger partial charge in [0.2, 0.25) is 5.91 Å². The van der Waals surface area contributed by atoms with Gasteiger partial charge in [-0.3, -0.25) is 4.79 Å². The van der Waals surface area contributed by atoms with Gasteiger partial charge in [0, 0.05) is 11.0 Å². The van der Waals surface area contributed by atoms with Gasteiger partial charge in [0.25, 0.3) is 0 Å². The van der Waals surface area contributed by atoms with Crippen LogP contribution in [0, 0.1) is 5.41 Å². The molecule has 1 aromatic carbocycles. The van der Waals surface area contributed by atoms with E-state index in [0.717, 1.165) is 10.0 Å². The van der Waals surface area contributed by atoms with Crippen molar-refractivity contribution in [3.8, 4) is 0 Å². The van der Waals surface area contributed by atoms with Crippen molar-refractivity contribution >= 4 is 21.8 Å². The molecule has 0 radical (unpaired) electrons. The molecular formula is C14H21BrN2O. The van der Waals surface area contributed by atoms with E-state index in [4.69, 9.17) is 5.73 Å². The summed E-state index contributed by atoms with van der Waals surface area (Å²) in [6.45, 7) is 8.55. The predicted octanol–water partition coefficient (Wildman–Crippen LogP) is 2.79. The Hall–Kier alpha value is -0.870. The Morgan fingerprint density at radius 1 is 1.22 bits per heavy atom. The smallest absolute Gasteiger partial charge is 0.244 e. The lowest BCUT2D eigenvalue weighted by Gasteiger charge is -2.27. The Labute approximate surface area is 117 Å². The van der Waals surface area contributed by atoms with Gasteiger partial charge in [-0.1, -0.05) is 48.8 Å². The molecule has 1 atom stereocenters. The molecule has 3 nitrogen and oxygen atoms in total. The van der Waals surface area contributed by atoms with Crippen molar-refractivity contribution in [3.63, 3.8) is 0 Å². The van der Waals surface area contributed by atoms with E-state index < -0.39 is 5.54 Å². The molecule has 1 aromatic rings. The number of nitrogens with one attached hydrogen (secondary N) is 1. The Morgan fingerprint density at radius 3 is 2.17 bits per heavy atom. The molecule has 3 N–H and O–H groups in total. The van der Waals surface area contributed by atoms with Gasteiger partial charge in [-0.2, -0.15) is 0 Å². The number of carbonyl (C=O) groups is 1. The molecule has 0 fully saturated rings. The Balaban J connectivity index is 2.79. The maximum absolute atomic E-state index is 12.1. The molecule has 18 heavy (non-hydrogen) atoms. The molecule has 1 amide bonds. The molecule has 1 unspecified atom stereocenters. The highest BCUT2D eigenvalue weighted by molar-refractivity contribution is 9.10. The second-order valence-corrected chi connectivity index (χ2v) is 6.87. The van der Waals surface area contributed by atoms with E-state index in [9.17, 15) is 4.79 Å². The van der Waals surface area contributed by atoms with E-state index >= 15 is 0 Å². The molecule has 0 aromatic heterocycles. The van der Waals surface area contributed by atoms with Gasteiger partial charge in [-0.25, -0.2) is 0 Å². The first kappa shape index (κ1) is 15.2. The van der Waals surface area contributed by atoms with Crippen molar-refractivity contribution in [2.24, 2.45) is 11.1 Å². The van der Waals surface area contributed by atoms with Crippen LogP contribution in [0.5, 0.6) is 0 Å². The molecule has 0 saturated heterocycles. The van der Waals surface area contributed by atoms with Crippen molar-refractivity contribution in [1.29, 1.82) is 0 Å². The predicted molar refractivity (Wildman–Crippen MR) is 78.1 cm³/mol. The Bertz CT molecular complexity index is 418. The molecule has 0 aliphatic carbocycles. The minimum atomic E-state index is -1.01. The first-order valence-electron chi connectivity index (χ1n) is 5.96. The molecule has 1 rings (SSSR count). The van der Waals surface area contributed by atoms with Crippen LogP contribution in [0.2, 0.25) is 0 Å². The highest BCUT2D eigenvalue weighted by atomic mass is 79.9. The van der Waals surface area contributed by atoms with Gasteiger partial charge < -0.3 is 11.1 Å². The molecular weight excluding hydrogens is 292 g/mol. The molecule has 0 bridgehead atoms. The minimum Gasteiger partial charge on any atom is -0.354 e. The van der Waals surface area contributed by atoms with E-state index in [0.29, 0.717) is 6.54 Å². The number of halogens is 1. The third kappa shape index (κ3) is 4.10. The summed E-state index contributed by atoms with van der Waals surface area (Å²) in [4.78, 5) is 12.1. The van der Waals surface area contributed by atoms with Gasteiger partial charge in [0.15, 0.2) is 0 Å². The third-order valence-electron chi connectivity index (χ3n) is 2.69. The second kappa shape index (κ2) is 5.41. The summed E-state index contributed by atoms with van der Waals surface area (Å²) in [5.74, 6) is -0.153. The summed E-state index contributed by atoms with van der Waals surface area (Å²) in [7, 11) is 0. The van der Waals surface area contributed by atoms with Gasteiger partial charge in [0.05, 0.1) is 0 Å². The van der Waals surface area contributed by atoms with Gasteiger partial charge in [-0.15, -0.1) is 0 Å². The first-order chi connectivity index (χ1) is 8.13. The average Bonchev–Trinajstić information content (AvgIpc) is 2.25. The standard InChI is InChI=1S/C14H21BrN2O/c1-13(2,3)9-17-12(18)14(4,16)10-5-7-11(15)8-6-10/h5-8H,9,16H2,1-4H3,(H,17,18). The fourth-order valence-corrected chi connectivity index (χ4v) is 1.72. The average molecular weight is 313 g/mol. The lowest BCUT2D eigenvalue weighted by atomic mass is 9.91. The second-order valence-electron chi connectivity index (χ2n) is 5.95. The maximum atomic E-state index is 12.1. The monoisotopic (exact) mass is 312 g/mol. The number of rotatable bonds is 3. The van der Waals surface area contributed by atoms with Crippen LogP contribution in [0.3, 0.4) is 0 Å². The zero-order valence-electron chi connectivity index (χ0n) is 11.4. The van der Waals surface area contributed by atoms with Crippen LogP contribution in [0.1, 0.15) is 33.3 Å². The summed E-state index contributed by atoms with van der Waals surface area (Å²) < 4.78 is 0.970. The van der Waals surface area contributed by atoms with Crippen molar-refractivity contribution in [2.45, 2.75) is 33.2 Å². The van der Waals surface area contributed by atoms with Crippen molar-refractivity contribution in [2.75, 3.05) is 6.54 Å². The minimum absolute atomic E-state index is 0.0471. The number of hydrogen-bond acceptors (Lipinski definition) is 2. The van der Waals surface area contributed by atoms with Crippen molar-refractivity contribution in [3.05, 3.63) is 34.3 Å². The van der Waals surface area contributed by atoms with Crippen LogP contribution < -0.4 is 11.1 Å². The number of carbonyl (C=O) groups excluding carboxylic acids is 1. The summed E-state index contributed by atoms with van der Waals surface area (Å²) in [5.41, 5.74) is 5.98. The summed E-state index contributed by atoms with van der Waals surface area (Å²) in [5, 5.41) is 2.90. The summed E-state index contributed by atoms with van der Waals surface area (Å²) in [6, 6.07) is 7.50. The third-order valence-corrected chi connectivity index (χ3v) is 3.22. The number of amides is 1. The van der Waals surface area contributed by atoms with Crippen LogP contribution in [-0.4, -0.2) is 12.5 Å². The first-order valence-corrected chi connectivity index (χ1v) is 6.75. The van der Waals surface area contributed by atoms with Crippen LogP contribution in [0.25, 0.3) is 0 Å². The molecule has 0 spiro atoms. The normalized spacial score (nSPS) is 15.0. The number of benzene rings is 1. The van der Waals surface area contributed by atoms with Crippen LogP contribution in [0.4, 0.5) is 0 Å². The topological polar surface area (TPSA) is 55.1 Å². The largest absolute Gasteiger partial charge is 0.354 e. The summed E-state index contributed by atoms with van der Waals surface area (Å²) >= 11 is 3.36. The zero-order chi connectivity index (χ0) is 14.0. The van der Waals surface area contributed by atoms with Crippen LogP contribution >= 0.6 is 15.9 Å². The van der Waals surface area contributed by atoms with E-state index in [1.165, 1.54) is 0 Å². The molecule has 0 heterocycles. The SMILES string of the molecule is CC(C)(C)CNC(=O)C(C)(N)c1ccc(Br)cc1. The molecule has 100 valence electrons. The summed E-state index contributed by atoms with van der Waals surface area (Å²) in [6.07, 6.45) is 0. The fourth-order valence-electron chi connectivity index (χ4n) is 1.46. The van der Waals surface area contributed by atoms with E-state index in [1.54, 1.807) is 6.92 Å². The highest BCUT2D eigenvalue weighted by Crippen LogP contribution is 2.21. The van der Waals surface area contributed by atoms with E-state index in [-0.39, 0.29) is 11.3 Å². The molecule has 0 aliphatic rings. The number of hydrogen-bond donors (Lipinski definition) is 2. The van der Waals surface area contributed by atoms with Crippen molar-refractivity contribution in [1.82, 2.24) is 5.32 Å². The number of nitrogens with two attached hydrogens (primary N) is 1. The molecule has 4 heteroatoms. The fraction of sp³-hybridized carbons (Fsp3) is 0.500. The molecule has 0 saturated carbocycles. The zero-order valence-corrected chi connectivity index (χ0v) is 13.0. The van der Waals surface area contributed by atoms with Crippen LogP contribution in [0.15, 0.2) is 28.7 Å². The van der Waals surface area contributed by atoms with E-state index in [2.05, 4.69) is 42.0 Å². The van der Waals surface area contributed by atoms with Gasteiger partial charge in [0.1, 0.15) is 5.54 Å². The van der Waals surface area contributed by atoms with Gasteiger partial charge in [-0.05, 0) is 30.0 Å². The lowest BCUT2D eigenvalue weighted by molar-refractivity contribution is -0.126. The van der Waals surface area contributed by atoms with E-state index in [1.807, 2.05) is 24.3 Å². The lowest BCUT2D eigenvalue weighted by Crippen LogP contribution is -2.50. The quantitative estimate of drug-likeness (QED) is 0.901. The maximum Gasteiger partial charge on any atom is 0.244 e. The van der Waals surface area contributed by atoms with Crippen molar-refractivity contribution < 1.29 is 4.79 Å². The molecule has 0 aliphatic heterocycles. The van der Waals surface area contributed by atoms with Crippen LogP contribution in [-0.2, 0) is 10.3 Å². The highest BCUT2D eigenvalue weighted by Gasteiger charge is 2.30. The Morgan fingerprint density at radius 2 is 1.72 bits per heavy atom. The Kier molecular flexibility index (Phi) is 4.56. The van der Waals surface area contributed by atoms with Gasteiger partial charge >= 0.3 is 0 Å².